The molecule has 24 heavy (non-hydrogen) atoms. The van der Waals surface area contributed by atoms with Crippen LogP contribution in [-0.2, 0) is 16.1 Å². The molecule has 126 valence electrons. The first kappa shape index (κ1) is 16.4. The monoisotopic (exact) mass is 347 g/mol. The Kier molecular flexibility index (Phi) is 4.79. The maximum atomic E-state index is 12.2. The number of rotatable bonds is 5. The molecule has 0 aliphatic carbocycles. The van der Waals surface area contributed by atoms with E-state index in [4.69, 9.17) is 0 Å². The van der Waals surface area contributed by atoms with Crippen molar-refractivity contribution in [1.82, 2.24) is 25.5 Å². The van der Waals surface area contributed by atoms with Crippen LogP contribution in [0.15, 0.2) is 30.3 Å². The van der Waals surface area contributed by atoms with Crippen molar-refractivity contribution in [3.63, 3.8) is 0 Å². The first-order chi connectivity index (χ1) is 11.6. The molecule has 1 aromatic heterocycles. The van der Waals surface area contributed by atoms with Crippen molar-refractivity contribution >= 4 is 23.6 Å². The van der Waals surface area contributed by atoms with Crippen LogP contribution in [0.3, 0.4) is 0 Å². The number of nitrogens with one attached hydrogen (secondary N) is 1. The SMILES string of the molecule is O=C(Cn1nnc(-c2ccccc2)n1)NC1(C(=O)O)CCSCC1. The Morgan fingerprint density at radius 2 is 1.96 bits per heavy atom. The Bertz CT molecular complexity index is 728. The second kappa shape index (κ2) is 7.00. The third-order valence-electron chi connectivity index (χ3n) is 3.90. The molecule has 1 amide bonds. The molecule has 2 aromatic rings. The summed E-state index contributed by atoms with van der Waals surface area (Å²) in [6.45, 7) is -0.165. The van der Waals surface area contributed by atoms with Gasteiger partial charge in [0.2, 0.25) is 11.7 Å². The van der Waals surface area contributed by atoms with Crippen LogP contribution < -0.4 is 5.32 Å². The molecule has 0 bridgehead atoms. The summed E-state index contributed by atoms with van der Waals surface area (Å²) < 4.78 is 0. The molecule has 1 aliphatic heterocycles. The van der Waals surface area contributed by atoms with Crippen molar-refractivity contribution in [2.45, 2.75) is 24.9 Å². The first-order valence-electron chi connectivity index (χ1n) is 7.54. The van der Waals surface area contributed by atoms with Crippen molar-refractivity contribution in [2.24, 2.45) is 0 Å². The number of nitrogens with zero attached hydrogens (tertiary/aromatic N) is 4. The van der Waals surface area contributed by atoms with Crippen LogP contribution in [0.2, 0.25) is 0 Å². The maximum absolute atomic E-state index is 12.2. The topological polar surface area (TPSA) is 110 Å². The lowest BCUT2D eigenvalue weighted by Crippen LogP contribution is -2.57. The smallest absolute Gasteiger partial charge is 0.329 e. The van der Waals surface area contributed by atoms with Crippen LogP contribution >= 0.6 is 11.8 Å². The summed E-state index contributed by atoms with van der Waals surface area (Å²) in [5, 5.41) is 24.1. The number of hydrogen-bond donors (Lipinski definition) is 2. The van der Waals surface area contributed by atoms with E-state index in [0.717, 1.165) is 5.56 Å². The fourth-order valence-electron chi connectivity index (χ4n) is 2.56. The number of tetrazole rings is 1. The molecule has 1 aromatic carbocycles. The van der Waals surface area contributed by atoms with Gasteiger partial charge in [0.25, 0.3) is 0 Å². The predicted octanol–water partition coefficient (Wildman–Crippen LogP) is 0.807. The standard InChI is InChI=1S/C15H17N5O3S/c21-12(16-15(14(22)23)6-8-24-9-7-15)10-20-18-13(17-19-20)11-4-2-1-3-5-11/h1-5H,6-10H2,(H,16,21)(H,22,23). The summed E-state index contributed by atoms with van der Waals surface area (Å²) in [5.74, 6) is 0.429. The van der Waals surface area contributed by atoms with Gasteiger partial charge in [0.15, 0.2) is 0 Å². The molecule has 2 heterocycles. The van der Waals surface area contributed by atoms with E-state index >= 15 is 0 Å². The van der Waals surface area contributed by atoms with E-state index in [1.807, 2.05) is 30.3 Å². The lowest BCUT2D eigenvalue weighted by Gasteiger charge is -2.33. The number of carbonyl (C=O) groups is 2. The van der Waals surface area contributed by atoms with Gasteiger partial charge < -0.3 is 10.4 Å². The largest absolute Gasteiger partial charge is 0.480 e. The van der Waals surface area contributed by atoms with Gasteiger partial charge in [-0.05, 0) is 29.6 Å². The highest BCUT2D eigenvalue weighted by Crippen LogP contribution is 2.27. The first-order valence-corrected chi connectivity index (χ1v) is 8.70. The number of carbonyl (C=O) groups excluding carboxylic acids is 1. The van der Waals surface area contributed by atoms with Crippen molar-refractivity contribution < 1.29 is 14.7 Å². The lowest BCUT2D eigenvalue weighted by molar-refractivity contribution is -0.148. The average Bonchev–Trinajstić information content (AvgIpc) is 3.04. The zero-order chi connectivity index (χ0) is 17.0. The Hall–Kier alpha value is -2.42. The number of carboxylic acid groups (broad SMARTS) is 1. The number of aromatic nitrogens is 4. The Morgan fingerprint density at radius 1 is 1.25 bits per heavy atom. The van der Waals surface area contributed by atoms with Gasteiger partial charge in [0.05, 0.1) is 0 Å². The van der Waals surface area contributed by atoms with Crippen molar-refractivity contribution in [3.8, 4) is 11.4 Å². The Labute approximate surface area is 142 Å². The summed E-state index contributed by atoms with van der Waals surface area (Å²) in [5.41, 5.74) is -0.388. The van der Waals surface area contributed by atoms with E-state index in [9.17, 15) is 14.7 Å². The number of amides is 1. The molecule has 9 heteroatoms. The van der Waals surface area contributed by atoms with Gasteiger partial charge in [-0.25, -0.2) is 4.79 Å². The minimum absolute atomic E-state index is 0.165. The van der Waals surface area contributed by atoms with Gasteiger partial charge in [0, 0.05) is 5.56 Å². The molecular formula is C15H17N5O3S. The Morgan fingerprint density at radius 3 is 2.62 bits per heavy atom. The van der Waals surface area contributed by atoms with E-state index in [-0.39, 0.29) is 6.54 Å². The number of carboxylic acids is 1. The van der Waals surface area contributed by atoms with E-state index in [2.05, 4.69) is 20.7 Å². The minimum atomic E-state index is -1.19. The van der Waals surface area contributed by atoms with Gasteiger partial charge in [-0.1, -0.05) is 30.3 Å². The van der Waals surface area contributed by atoms with Gasteiger partial charge in [0.1, 0.15) is 12.1 Å². The molecule has 3 rings (SSSR count). The Balaban J connectivity index is 1.67. The third kappa shape index (κ3) is 3.56. The van der Waals surface area contributed by atoms with E-state index in [1.54, 1.807) is 11.8 Å². The van der Waals surface area contributed by atoms with Crippen LogP contribution in [0.25, 0.3) is 11.4 Å². The number of benzene rings is 1. The van der Waals surface area contributed by atoms with Gasteiger partial charge in [-0.3, -0.25) is 4.79 Å². The second-order valence-electron chi connectivity index (χ2n) is 5.56. The van der Waals surface area contributed by atoms with E-state index in [0.29, 0.717) is 30.2 Å². The molecule has 0 atom stereocenters. The highest BCUT2D eigenvalue weighted by Gasteiger charge is 2.41. The zero-order valence-electron chi connectivity index (χ0n) is 12.9. The van der Waals surface area contributed by atoms with E-state index in [1.165, 1.54) is 4.80 Å². The number of thioether (sulfide) groups is 1. The normalized spacial score (nSPS) is 16.5. The zero-order valence-corrected chi connectivity index (χ0v) is 13.7. The second-order valence-corrected chi connectivity index (χ2v) is 6.78. The molecule has 8 nitrogen and oxygen atoms in total. The quantitative estimate of drug-likeness (QED) is 0.823. The summed E-state index contributed by atoms with van der Waals surface area (Å²) in [7, 11) is 0. The fraction of sp³-hybridized carbons (Fsp3) is 0.400. The van der Waals surface area contributed by atoms with Gasteiger partial charge >= 0.3 is 5.97 Å². The highest BCUT2D eigenvalue weighted by molar-refractivity contribution is 7.99. The molecule has 2 N–H and O–H groups in total. The van der Waals surface area contributed by atoms with Gasteiger partial charge in [-0.2, -0.15) is 16.6 Å². The molecule has 1 aliphatic rings. The molecule has 0 unspecified atom stereocenters. The third-order valence-corrected chi connectivity index (χ3v) is 4.89. The summed E-state index contributed by atoms with van der Waals surface area (Å²) >= 11 is 1.69. The van der Waals surface area contributed by atoms with Crippen LogP contribution in [0, 0.1) is 0 Å². The molecule has 0 radical (unpaired) electrons. The van der Waals surface area contributed by atoms with Crippen molar-refractivity contribution in [3.05, 3.63) is 30.3 Å². The molecule has 1 fully saturated rings. The lowest BCUT2D eigenvalue weighted by atomic mass is 9.92. The van der Waals surface area contributed by atoms with E-state index < -0.39 is 17.4 Å². The summed E-state index contributed by atoms with van der Waals surface area (Å²) in [6, 6.07) is 9.30. The van der Waals surface area contributed by atoms with Crippen LogP contribution in [0.1, 0.15) is 12.8 Å². The highest BCUT2D eigenvalue weighted by atomic mass is 32.2. The number of hydrogen-bond acceptors (Lipinski definition) is 6. The van der Waals surface area contributed by atoms with Crippen LogP contribution in [0.4, 0.5) is 0 Å². The fourth-order valence-corrected chi connectivity index (χ4v) is 3.75. The van der Waals surface area contributed by atoms with Crippen molar-refractivity contribution in [2.75, 3.05) is 11.5 Å². The van der Waals surface area contributed by atoms with Crippen LogP contribution in [-0.4, -0.2) is 54.2 Å². The minimum Gasteiger partial charge on any atom is -0.480 e. The molecule has 0 saturated carbocycles. The molecular weight excluding hydrogens is 330 g/mol. The summed E-state index contributed by atoms with van der Waals surface area (Å²) in [6.07, 6.45) is 0.831. The average molecular weight is 347 g/mol. The maximum Gasteiger partial charge on any atom is 0.329 e. The predicted molar refractivity (Wildman–Crippen MR) is 88.3 cm³/mol. The molecule has 1 saturated heterocycles. The number of aliphatic carboxylic acids is 1. The molecule has 0 spiro atoms. The van der Waals surface area contributed by atoms with Crippen molar-refractivity contribution in [1.29, 1.82) is 0 Å². The summed E-state index contributed by atoms with van der Waals surface area (Å²) in [4.78, 5) is 25.0. The van der Waals surface area contributed by atoms with Crippen LogP contribution in [0.5, 0.6) is 0 Å². The van der Waals surface area contributed by atoms with Gasteiger partial charge in [-0.15, -0.1) is 10.2 Å².